The van der Waals surface area contributed by atoms with Crippen molar-refractivity contribution in [2.45, 2.75) is 31.3 Å². The Hall–Kier alpha value is -0.940. The van der Waals surface area contributed by atoms with Gasteiger partial charge in [-0.15, -0.1) is 0 Å². The van der Waals surface area contributed by atoms with Gasteiger partial charge in [-0.3, -0.25) is 9.80 Å². The molecule has 0 aliphatic carbocycles. The van der Waals surface area contributed by atoms with Gasteiger partial charge >= 0.3 is 0 Å². The van der Waals surface area contributed by atoms with Crippen LogP contribution in [-0.2, 0) is 6.54 Å². The van der Waals surface area contributed by atoms with E-state index in [4.69, 9.17) is 5.73 Å². The van der Waals surface area contributed by atoms with Crippen LogP contribution in [0.15, 0.2) is 30.3 Å². The van der Waals surface area contributed by atoms with E-state index in [1.165, 1.54) is 44.5 Å². The quantitative estimate of drug-likeness (QED) is 0.864. The fourth-order valence-corrected chi connectivity index (χ4v) is 4.47. The Labute approximate surface area is 147 Å². The van der Waals surface area contributed by atoms with E-state index in [2.05, 4.69) is 59.1 Å². The lowest BCUT2D eigenvalue weighted by Crippen LogP contribution is -2.58. The zero-order valence-electron chi connectivity index (χ0n) is 15.5. The van der Waals surface area contributed by atoms with E-state index < -0.39 is 0 Å². The normalized spacial score (nSPS) is 25.4. The second-order valence-corrected chi connectivity index (χ2v) is 7.99. The summed E-state index contributed by atoms with van der Waals surface area (Å²) in [4.78, 5) is 7.63. The third kappa shape index (κ3) is 4.17. The average molecular weight is 331 g/mol. The molecule has 3 rings (SSSR count). The fraction of sp³-hybridized carbons (Fsp3) is 0.700. The summed E-state index contributed by atoms with van der Waals surface area (Å²) in [5, 5.41) is 0. The third-order valence-corrected chi connectivity index (χ3v) is 6.25. The molecule has 1 atom stereocenters. The van der Waals surface area contributed by atoms with Crippen LogP contribution in [0.4, 0.5) is 0 Å². The van der Waals surface area contributed by atoms with Crippen LogP contribution < -0.4 is 5.73 Å². The first-order valence-electron chi connectivity index (χ1n) is 9.47. The summed E-state index contributed by atoms with van der Waals surface area (Å²) in [5.74, 6) is 0.811. The highest BCUT2D eigenvalue weighted by atomic mass is 15.2. The molecule has 2 heterocycles. The molecule has 2 aliphatic rings. The number of hydrogen-bond acceptors (Lipinski definition) is 4. The maximum Gasteiger partial charge on any atom is 0.0353 e. The van der Waals surface area contributed by atoms with Crippen molar-refractivity contribution in [1.82, 2.24) is 14.7 Å². The van der Waals surface area contributed by atoms with Crippen molar-refractivity contribution in [2.75, 3.05) is 53.4 Å². The average Bonchev–Trinajstić information content (AvgIpc) is 3.01. The molecular formula is C20H34N4. The van der Waals surface area contributed by atoms with Crippen molar-refractivity contribution >= 4 is 0 Å². The van der Waals surface area contributed by atoms with Crippen molar-refractivity contribution in [3.05, 3.63) is 35.9 Å². The Morgan fingerprint density at radius 3 is 2.46 bits per heavy atom. The zero-order chi connectivity index (χ0) is 17.0. The molecule has 0 amide bonds. The Morgan fingerprint density at radius 2 is 1.88 bits per heavy atom. The first kappa shape index (κ1) is 17.9. The van der Waals surface area contributed by atoms with E-state index >= 15 is 0 Å². The van der Waals surface area contributed by atoms with Gasteiger partial charge < -0.3 is 10.6 Å². The van der Waals surface area contributed by atoms with E-state index in [1.54, 1.807) is 0 Å². The van der Waals surface area contributed by atoms with Gasteiger partial charge in [-0.1, -0.05) is 30.3 Å². The molecule has 0 radical (unpaired) electrons. The zero-order valence-corrected chi connectivity index (χ0v) is 15.5. The topological polar surface area (TPSA) is 35.7 Å². The molecule has 24 heavy (non-hydrogen) atoms. The highest BCUT2D eigenvalue weighted by Gasteiger charge is 2.38. The summed E-state index contributed by atoms with van der Waals surface area (Å²) in [6.45, 7) is 7.84. The lowest BCUT2D eigenvalue weighted by atomic mass is 9.85. The van der Waals surface area contributed by atoms with Crippen molar-refractivity contribution in [1.29, 1.82) is 0 Å². The molecule has 0 spiro atoms. The third-order valence-electron chi connectivity index (χ3n) is 6.25. The van der Waals surface area contributed by atoms with Gasteiger partial charge in [-0.2, -0.15) is 0 Å². The monoisotopic (exact) mass is 330 g/mol. The summed E-state index contributed by atoms with van der Waals surface area (Å²) in [5.41, 5.74) is 7.89. The number of benzene rings is 1. The minimum absolute atomic E-state index is 0.203. The van der Waals surface area contributed by atoms with Crippen LogP contribution in [0.5, 0.6) is 0 Å². The molecule has 1 aromatic carbocycles. The molecule has 0 bridgehead atoms. The van der Waals surface area contributed by atoms with Crippen LogP contribution >= 0.6 is 0 Å². The first-order valence-corrected chi connectivity index (χ1v) is 9.47. The highest BCUT2D eigenvalue weighted by Crippen LogP contribution is 2.29. The Balaban J connectivity index is 1.53. The number of hydrogen-bond donors (Lipinski definition) is 1. The van der Waals surface area contributed by atoms with Crippen LogP contribution in [0.1, 0.15) is 24.8 Å². The van der Waals surface area contributed by atoms with Gasteiger partial charge in [0.25, 0.3) is 0 Å². The summed E-state index contributed by atoms with van der Waals surface area (Å²) < 4.78 is 0. The smallest absolute Gasteiger partial charge is 0.0353 e. The number of nitrogens with two attached hydrogens (primary N) is 1. The Bertz CT molecular complexity index is 496. The molecule has 0 saturated carbocycles. The molecule has 2 fully saturated rings. The highest BCUT2D eigenvalue weighted by molar-refractivity contribution is 5.14. The molecule has 2 saturated heterocycles. The maximum atomic E-state index is 6.27. The van der Waals surface area contributed by atoms with Gasteiger partial charge in [0, 0.05) is 44.8 Å². The Kier molecular flexibility index (Phi) is 5.93. The standard InChI is InChI=1S/C20H34N4/c1-22-11-8-19(14-22)15-23(2)20(17-21)9-12-24(13-10-20)16-18-6-4-3-5-7-18/h3-7,19H,8-17,21H2,1-2H3. The van der Waals surface area contributed by atoms with E-state index in [0.717, 1.165) is 32.1 Å². The predicted molar refractivity (Wildman–Crippen MR) is 101 cm³/mol. The molecule has 4 nitrogen and oxygen atoms in total. The van der Waals surface area contributed by atoms with Crippen molar-refractivity contribution in [3.8, 4) is 0 Å². The lowest BCUT2D eigenvalue weighted by Gasteiger charge is -2.47. The molecule has 1 aromatic rings. The van der Waals surface area contributed by atoms with Gasteiger partial charge in [-0.05, 0) is 51.4 Å². The summed E-state index contributed by atoms with van der Waals surface area (Å²) in [7, 11) is 4.54. The van der Waals surface area contributed by atoms with Crippen LogP contribution in [-0.4, -0.2) is 73.6 Å². The second-order valence-electron chi connectivity index (χ2n) is 7.99. The number of piperidine rings is 1. The summed E-state index contributed by atoms with van der Waals surface area (Å²) in [6.07, 6.45) is 3.71. The minimum Gasteiger partial charge on any atom is -0.329 e. The number of likely N-dealkylation sites (tertiary alicyclic amines) is 2. The van der Waals surface area contributed by atoms with Gasteiger partial charge in [0.05, 0.1) is 0 Å². The van der Waals surface area contributed by atoms with Crippen molar-refractivity contribution in [3.63, 3.8) is 0 Å². The summed E-state index contributed by atoms with van der Waals surface area (Å²) >= 11 is 0. The van der Waals surface area contributed by atoms with Crippen LogP contribution in [0.3, 0.4) is 0 Å². The van der Waals surface area contributed by atoms with Crippen LogP contribution in [0, 0.1) is 5.92 Å². The fourth-order valence-electron chi connectivity index (χ4n) is 4.47. The van der Waals surface area contributed by atoms with Crippen LogP contribution in [0.2, 0.25) is 0 Å². The van der Waals surface area contributed by atoms with E-state index in [1.807, 2.05) is 0 Å². The number of rotatable bonds is 6. The molecular weight excluding hydrogens is 296 g/mol. The van der Waals surface area contributed by atoms with Gasteiger partial charge in [0.2, 0.25) is 0 Å². The lowest BCUT2D eigenvalue weighted by molar-refractivity contribution is 0.0335. The van der Waals surface area contributed by atoms with Crippen molar-refractivity contribution < 1.29 is 0 Å². The van der Waals surface area contributed by atoms with Gasteiger partial charge in [0.15, 0.2) is 0 Å². The Morgan fingerprint density at radius 1 is 1.17 bits per heavy atom. The molecule has 0 aromatic heterocycles. The molecule has 1 unspecified atom stereocenters. The molecule has 134 valence electrons. The predicted octanol–water partition coefficient (Wildman–Crippen LogP) is 1.86. The minimum atomic E-state index is 0.203. The summed E-state index contributed by atoms with van der Waals surface area (Å²) in [6, 6.07) is 10.8. The van der Waals surface area contributed by atoms with Gasteiger partial charge in [0.1, 0.15) is 0 Å². The van der Waals surface area contributed by atoms with E-state index in [0.29, 0.717) is 0 Å². The maximum absolute atomic E-state index is 6.27. The van der Waals surface area contributed by atoms with E-state index in [9.17, 15) is 0 Å². The SMILES string of the molecule is CN1CCC(CN(C)C2(CN)CCN(Cc3ccccc3)CC2)C1. The second kappa shape index (κ2) is 7.96. The first-order chi connectivity index (χ1) is 11.6. The van der Waals surface area contributed by atoms with Crippen molar-refractivity contribution in [2.24, 2.45) is 11.7 Å². The molecule has 2 aliphatic heterocycles. The van der Waals surface area contributed by atoms with Gasteiger partial charge in [-0.25, -0.2) is 0 Å². The van der Waals surface area contributed by atoms with Crippen LogP contribution in [0.25, 0.3) is 0 Å². The molecule has 2 N–H and O–H groups in total. The van der Waals surface area contributed by atoms with E-state index in [-0.39, 0.29) is 5.54 Å². The largest absolute Gasteiger partial charge is 0.329 e. The number of likely N-dealkylation sites (N-methyl/N-ethyl adjacent to an activating group) is 1. The number of nitrogens with zero attached hydrogens (tertiary/aromatic N) is 3. The molecule has 4 heteroatoms.